The number of rotatable bonds is 22. The molecule has 0 bridgehead atoms. The van der Waals surface area contributed by atoms with Gasteiger partial charge in [0, 0.05) is 6.42 Å². The Hall–Kier alpha value is -1.36. The van der Waals surface area contributed by atoms with Gasteiger partial charge < -0.3 is 14.3 Å². The zero-order valence-corrected chi connectivity index (χ0v) is 21.6. The van der Waals surface area contributed by atoms with Crippen LogP contribution in [0.5, 0.6) is 0 Å². The first-order valence-corrected chi connectivity index (χ1v) is 13.1. The maximum absolute atomic E-state index is 12.1. The maximum Gasteiger partial charge on any atom is 0.307 e. The van der Waals surface area contributed by atoms with Crippen molar-refractivity contribution in [1.29, 1.82) is 0 Å². The van der Waals surface area contributed by atoms with E-state index in [4.69, 9.17) is 9.84 Å². The normalized spacial score (nSPS) is 12.9. The van der Waals surface area contributed by atoms with Gasteiger partial charge in [0.1, 0.15) is 6.54 Å². The Labute approximate surface area is 198 Å². The van der Waals surface area contributed by atoms with Gasteiger partial charge in [0.05, 0.1) is 27.6 Å². The van der Waals surface area contributed by atoms with Crippen LogP contribution in [0.1, 0.15) is 116 Å². The van der Waals surface area contributed by atoms with Gasteiger partial charge in [-0.15, -0.1) is 0 Å². The number of quaternary nitrogens is 1. The summed E-state index contributed by atoms with van der Waals surface area (Å²) in [6, 6.07) is 0. The second kappa shape index (κ2) is 20.3. The molecule has 0 aromatic rings. The van der Waals surface area contributed by atoms with Crippen molar-refractivity contribution in [3.63, 3.8) is 0 Å². The summed E-state index contributed by atoms with van der Waals surface area (Å²) in [6.07, 6.45) is 23.1. The highest BCUT2D eigenvalue weighted by molar-refractivity contribution is 5.71. The predicted octanol–water partition coefficient (Wildman–Crippen LogP) is 6.90. The molecule has 0 saturated heterocycles. The lowest BCUT2D eigenvalue weighted by molar-refractivity contribution is -0.873. The molecule has 1 N–H and O–H groups in total. The van der Waals surface area contributed by atoms with Crippen LogP contribution in [0, 0.1) is 0 Å². The highest BCUT2D eigenvalue weighted by Gasteiger charge is 2.24. The van der Waals surface area contributed by atoms with E-state index >= 15 is 0 Å². The number of allylic oxidation sites excluding steroid dienone is 2. The standard InChI is InChI=1S/C27H51NO4/c1-5-6-7-8-9-10-11-12-13-14-15-16-17-18-19-20-21-22-27(31)32-25(23-26(29)30)24-28(2,3)4/h12-13,25H,5-11,14-24H2,1-4H3/p+1/b13-12+. The molecule has 0 aliphatic rings. The minimum Gasteiger partial charge on any atom is -0.481 e. The fourth-order valence-corrected chi connectivity index (χ4v) is 3.89. The van der Waals surface area contributed by atoms with Gasteiger partial charge in [-0.2, -0.15) is 0 Å². The van der Waals surface area contributed by atoms with Crippen molar-refractivity contribution in [3.8, 4) is 0 Å². The summed E-state index contributed by atoms with van der Waals surface area (Å²) in [5.74, 6) is -1.19. The lowest BCUT2D eigenvalue weighted by Gasteiger charge is -2.28. The van der Waals surface area contributed by atoms with Crippen LogP contribution in [0.3, 0.4) is 0 Å². The predicted molar refractivity (Wildman–Crippen MR) is 134 cm³/mol. The highest BCUT2D eigenvalue weighted by atomic mass is 16.5. The number of carbonyl (C=O) groups is 2. The molecular weight excluding hydrogens is 402 g/mol. The molecule has 1 unspecified atom stereocenters. The number of carboxylic acids is 1. The zero-order chi connectivity index (χ0) is 24.1. The van der Waals surface area contributed by atoms with Gasteiger partial charge in [0.2, 0.25) is 0 Å². The number of nitrogens with zero attached hydrogens (tertiary/aromatic N) is 1. The fourth-order valence-electron chi connectivity index (χ4n) is 3.89. The quantitative estimate of drug-likeness (QED) is 0.0836. The summed E-state index contributed by atoms with van der Waals surface area (Å²) in [7, 11) is 5.90. The van der Waals surface area contributed by atoms with Crippen LogP contribution in [0.25, 0.3) is 0 Å². The Balaban J connectivity index is 3.58. The topological polar surface area (TPSA) is 63.6 Å². The lowest BCUT2D eigenvalue weighted by Crippen LogP contribution is -2.43. The average molecular weight is 455 g/mol. The van der Waals surface area contributed by atoms with E-state index in [1.54, 1.807) is 0 Å². The largest absolute Gasteiger partial charge is 0.481 e. The van der Waals surface area contributed by atoms with E-state index in [1.165, 1.54) is 77.0 Å². The number of carbonyl (C=O) groups excluding carboxylic acids is 1. The van der Waals surface area contributed by atoms with Crippen LogP contribution >= 0.6 is 0 Å². The number of carboxylic acid groups (broad SMARTS) is 1. The van der Waals surface area contributed by atoms with E-state index < -0.39 is 12.1 Å². The summed E-state index contributed by atoms with van der Waals surface area (Å²) < 4.78 is 5.99. The second-order valence-corrected chi connectivity index (χ2v) is 10.2. The van der Waals surface area contributed by atoms with Gasteiger partial charge in [0.15, 0.2) is 6.10 Å². The van der Waals surface area contributed by atoms with Crippen LogP contribution in [0.2, 0.25) is 0 Å². The number of ether oxygens (including phenoxy) is 1. The van der Waals surface area contributed by atoms with Gasteiger partial charge in [0.25, 0.3) is 0 Å². The van der Waals surface area contributed by atoms with Crippen molar-refractivity contribution in [2.75, 3.05) is 27.7 Å². The zero-order valence-electron chi connectivity index (χ0n) is 21.6. The maximum atomic E-state index is 12.1. The summed E-state index contributed by atoms with van der Waals surface area (Å²) >= 11 is 0. The molecule has 188 valence electrons. The molecule has 0 saturated carbocycles. The fraction of sp³-hybridized carbons (Fsp3) is 0.852. The van der Waals surface area contributed by atoms with Crippen molar-refractivity contribution >= 4 is 11.9 Å². The van der Waals surface area contributed by atoms with Crippen LogP contribution in [0.15, 0.2) is 12.2 Å². The summed E-state index contributed by atoms with van der Waals surface area (Å²) in [4.78, 5) is 23.1. The number of likely N-dealkylation sites (N-methyl/N-ethyl adjacent to an activating group) is 1. The molecule has 0 aliphatic carbocycles. The highest BCUT2D eigenvalue weighted by Crippen LogP contribution is 2.13. The Morgan fingerprint density at radius 3 is 1.72 bits per heavy atom. The first-order valence-electron chi connectivity index (χ1n) is 13.1. The summed E-state index contributed by atoms with van der Waals surface area (Å²) in [6.45, 7) is 2.77. The number of hydrogen-bond donors (Lipinski definition) is 1. The lowest BCUT2D eigenvalue weighted by atomic mass is 10.1. The molecule has 0 aliphatic heterocycles. The van der Waals surface area contributed by atoms with Gasteiger partial charge in [-0.3, -0.25) is 9.59 Å². The average Bonchev–Trinajstić information content (AvgIpc) is 2.68. The van der Waals surface area contributed by atoms with Crippen molar-refractivity contribution < 1.29 is 23.9 Å². The van der Waals surface area contributed by atoms with E-state index in [1.807, 2.05) is 21.1 Å². The molecule has 0 rings (SSSR count). The third-order valence-electron chi connectivity index (χ3n) is 5.59. The molecule has 5 heteroatoms. The molecule has 32 heavy (non-hydrogen) atoms. The number of aliphatic carboxylic acids is 1. The van der Waals surface area contributed by atoms with Gasteiger partial charge in [-0.25, -0.2) is 0 Å². The van der Waals surface area contributed by atoms with E-state index in [0.29, 0.717) is 17.4 Å². The smallest absolute Gasteiger partial charge is 0.307 e. The third kappa shape index (κ3) is 23.3. The second-order valence-electron chi connectivity index (χ2n) is 10.2. The van der Waals surface area contributed by atoms with Gasteiger partial charge in [-0.05, 0) is 32.1 Å². The Morgan fingerprint density at radius 1 is 0.781 bits per heavy atom. The Bertz CT molecular complexity index is 496. The van der Waals surface area contributed by atoms with Crippen molar-refractivity contribution in [2.24, 2.45) is 0 Å². The molecule has 0 spiro atoms. The molecule has 0 fully saturated rings. The first kappa shape index (κ1) is 30.6. The molecule has 0 heterocycles. The number of esters is 1. The minimum atomic E-state index is -0.926. The SMILES string of the molecule is CCCCCCCC/C=C/CCCCCCCCCC(=O)OC(CC(=O)O)C[N+](C)(C)C. The van der Waals surface area contributed by atoms with Crippen LogP contribution in [0.4, 0.5) is 0 Å². The van der Waals surface area contributed by atoms with E-state index in [0.717, 1.165) is 19.3 Å². The molecule has 0 aromatic carbocycles. The molecule has 0 aromatic heterocycles. The molecular formula is C27H52NO4+. The van der Waals surface area contributed by atoms with Crippen molar-refractivity contribution in [2.45, 2.75) is 122 Å². The van der Waals surface area contributed by atoms with Crippen molar-refractivity contribution in [3.05, 3.63) is 12.2 Å². The number of unbranched alkanes of at least 4 members (excludes halogenated alkanes) is 13. The summed E-state index contributed by atoms with van der Waals surface area (Å²) in [5.41, 5.74) is 0. The van der Waals surface area contributed by atoms with Gasteiger partial charge >= 0.3 is 11.9 Å². The van der Waals surface area contributed by atoms with Crippen LogP contribution in [-0.4, -0.2) is 55.3 Å². The summed E-state index contributed by atoms with van der Waals surface area (Å²) in [5, 5.41) is 9.02. The molecule has 0 radical (unpaired) electrons. The first-order chi connectivity index (χ1) is 15.2. The molecule has 0 amide bonds. The van der Waals surface area contributed by atoms with Crippen LogP contribution in [-0.2, 0) is 14.3 Å². The minimum absolute atomic E-state index is 0.129. The Kier molecular flexibility index (Phi) is 19.4. The van der Waals surface area contributed by atoms with E-state index in [2.05, 4.69) is 19.1 Å². The monoisotopic (exact) mass is 454 g/mol. The van der Waals surface area contributed by atoms with E-state index in [-0.39, 0.29) is 12.4 Å². The number of hydrogen-bond acceptors (Lipinski definition) is 3. The molecule has 1 atom stereocenters. The van der Waals surface area contributed by atoms with E-state index in [9.17, 15) is 9.59 Å². The van der Waals surface area contributed by atoms with Gasteiger partial charge in [-0.1, -0.05) is 83.3 Å². The molecule has 5 nitrogen and oxygen atoms in total. The van der Waals surface area contributed by atoms with Crippen LogP contribution < -0.4 is 0 Å². The third-order valence-corrected chi connectivity index (χ3v) is 5.59. The van der Waals surface area contributed by atoms with Crippen molar-refractivity contribution in [1.82, 2.24) is 0 Å². The Morgan fingerprint density at radius 2 is 1.25 bits per heavy atom.